The van der Waals surface area contributed by atoms with Crippen LogP contribution >= 0.6 is 22.6 Å². The summed E-state index contributed by atoms with van der Waals surface area (Å²) in [6.07, 6.45) is 4.89. The van der Waals surface area contributed by atoms with Crippen molar-refractivity contribution in [2.75, 3.05) is 0 Å². The second kappa shape index (κ2) is 3.90. The molecule has 3 heteroatoms. The molecule has 0 unspecified atom stereocenters. The zero-order chi connectivity index (χ0) is 8.27. The lowest BCUT2D eigenvalue weighted by atomic mass is 10.2. The second-order valence-corrected chi connectivity index (χ2v) is 3.71. The van der Waals surface area contributed by atoms with E-state index in [-0.39, 0.29) is 0 Å². The van der Waals surface area contributed by atoms with Crippen molar-refractivity contribution in [3.05, 3.63) is 28.1 Å². The van der Waals surface area contributed by atoms with Crippen LogP contribution < -0.4 is 0 Å². The highest BCUT2D eigenvalue weighted by atomic mass is 127. The molecule has 0 bridgehead atoms. The second-order valence-electron chi connectivity index (χ2n) is 2.46. The minimum atomic E-state index is 0.847. The van der Waals surface area contributed by atoms with E-state index in [4.69, 9.17) is 0 Å². The van der Waals surface area contributed by atoms with E-state index in [0.29, 0.717) is 0 Å². The Labute approximate surface area is 80.4 Å². The van der Waals surface area contributed by atoms with Crippen LogP contribution in [-0.4, -0.2) is 9.78 Å². The molecule has 0 saturated carbocycles. The van der Waals surface area contributed by atoms with Crippen LogP contribution in [0.25, 0.3) is 0 Å². The van der Waals surface area contributed by atoms with Crippen molar-refractivity contribution in [1.29, 1.82) is 0 Å². The molecule has 0 amide bonds. The molecule has 1 rings (SSSR count). The first-order valence-electron chi connectivity index (χ1n) is 3.57. The first kappa shape index (κ1) is 8.77. The lowest BCUT2D eigenvalue weighted by molar-refractivity contribution is 0.664. The highest BCUT2D eigenvalue weighted by Crippen LogP contribution is 2.04. The Morgan fingerprint density at radius 2 is 2.55 bits per heavy atom. The predicted molar refractivity (Wildman–Crippen MR) is 54.4 cm³/mol. The monoisotopic (exact) mass is 262 g/mol. The topological polar surface area (TPSA) is 17.8 Å². The average molecular weight is 262 g/mol. The van der Waals surface area contributed by atoms with Crippen molar-refractivity contribution in [3.8, 4) is 0 Å². The minimum absolute atomic E-state index is 0.847. The smallest absolute Gasteiger partial charge is 0.0623 e. The van der Waals surface area contributed by atoms with Gasteiger partial charge in [0.05, 0.1) is 16.3 Å². The third kappa shape index (κ3) is 2.65. The normalized spacial score (nSPS) is 10.0. The average Bonchev–Trinajstić information content (AvgIpc) is 2.35. The highest BCUT2D eigenvalue weighted by Gasteiger charge is 1.95. The van der Waals surface area contributed by atoms with Crippen LogP contribution in [0.15, 0.2) is 24.5 Å². The van der Waals surface area contributed by atoms with Crippen molar-refractivity contribution in [3.63, 3.8) is 0 Å². The van der Waals surface area contributed by atoms with Crippen LogP contribution in [0.4, 0.5) is 0 Å². The van der Waals surface area contributed by atoms with Gasteiger partial charge in [0.15, 0.2) is 0 Å². The van der Waals surface area contributed by atoms with Gasteiger partial charge >= 0.3 is 0 Å². The summed E-state index contributed by atoms with van der Waals surface area (Å²) < 4.78 is 3.08. The minimum Gasteiger partial charge on any atom is -0.268 e. The lowest BCUT2D eigenvalue weighted by Gasteiger charge is -2.00. The maximum Gasteiger partial charge on any atom is 0.0623 e. The maximum atomic E-state index is 4.15. The van der Waals surface area contributed by atoms with Gasteiger partial charge in [0.2, 0.25) is 0 Å². The summed E-state index contributed by atoms with van der Waals surface area (Å²) in [6.45, 7) is 6.87. The first-order chi connectivity index (χ1) is 5.22. The summed E-state index contributed by atoms with van der Waals surface area (Å²) >= 11 is 2.25. The Balaban J connectivity index is 2.57. The van der Waals surface area contributed by atoms with Gasteiger partial charge in [-0.3, -0.25) is 4.68 Å². The quantitative estimate of drug-likeness (QED) is 0.604. The van der Waals surface area contributed by atoms with E-state index >= 15 is 0 Å². The Kier molecular flexibility index (Phi) is 3.11. The van der Waals surface area contributed by atoms with Gasteiger partial charge < -0.3 is 0 Å². The molecule has 0 spiro atoms. The Morgan fingerprint density at radius 3 is 3.00 bits per heavy atom. The van der Waals surface area contributed by atoms with Gasteiger partial charge in [0.1, 0.15) is 0 Å². The molecule has 60 valence electrons. The van der Waals surface area contributed by atoms with E-state index in [1.54, 1.807) is 0 Å². The fraction of sp³-hybridized carbons (Fsp3) is 0.375. The van der Waals surface area contributed by atoms with Crippen molar-refractivity contribution >= 4 is 22.6 Å². The van der Waals surface area contributed by atoms with Crippen LogP contribution in [-0.2, 0) is 6.54 Å². The predicted octanol–water partition coefficient (Wildman–Crippen LogP) is 2.45. The molecule has 0 aromatic carbocycles. The number of allylic oxidation sites excluding steroid dienone is 1. The van der Waals surface area contributed by atoms with E-state index < -0.39 is 0 Å². The molecule has 11 heavy (non-hydrogen) atoms. The Hall–Kier alpha value is -0.320. The summed E-state index contributed by atoms with van der Waals surface area (Å²) in [5.41, 5.74) is 1.21. The summed E-state index contributed by atoms with van der Waals surface area (Å²) in [6, 6.07) is 0. The molecule has 0 saturated heterocycles. The van der Waals surface area contributed by atoms with Crippen LogP contribution in [0.5, 0.6) is 0 Å². The zero-order valence-electron chi connectivity index (χ0n) is 6.55. The van der Waals surface area contributed by atoms with Crippen LogP contribution in [0.2, 0.25) is 0 Å². The summed E-state index contributed by atoms with van der Waals surface area (Å²) in [7, 11) is 0. The Bertz CT molecular complexity index is 252. The zero-order valence-corrected chi connectivity index (χ0v) is 8.71. The van der Waals surface area contributed by atoms with Crippen molar-refractivity contribution in [2.45, 2.75) is 19.9 Å². The van der Waals surface area contributed by atoms with Crippen LogP contribution in [0, 0.1) is 3.57 Å². The van der Waals surface area contributed by atoms with Gasteiger partial charge in [-0.05, 0) is 29.0 Å². The lowest BCUT2D eigenvalue weighted by Crippen LogP contribution is -1.99. The number of hydrogen-bond acceptors (Lipinski definition) is 1. The number of hydrogen-bond donors (Lipinski definition) is 0. The summed E-state index contributed by atoms with van der Waals surface area (Å²) in [5, 5.41) is 4.15. The fourth-order valence-electron chi connectivity index (χ4n) is 0.766. The van der Waals surface area contributed by atoms with E-state index in [1.807, 2.05) is 17.1 Å². The van der Waals surface area contributed by atoms with E-state index in [2.05, 4.69) is 41.2 Å². The van der Waals surface area contributed by atoms with E-state index in [1.165, 1.54) is 9.14 Å². The molecule has 0 fully saturated rings. The largest absolute Gasteiger partial charge is 0.268 e. The number of halogens is 1. The Morgan fingerprint density at radius 1 is 1.82 bits per heavy atom. The number of aromatic nitrogens is 2. The molecule has 0 aliphatic rings. The van der Waals surface area contributed by atoms with Crippen LogP contribution in [0.3, 0.4) is 0 Å². The third-order valence-corrected chi connectivity index (χ3v) is 2.04. The van der Waals surface area contributed by atoms with Crippen molar-refractivity contribution in [2.24, 2.45) is 0 Å². The standard InChI is InChI=1S/C8H11IN2/c1-3-7(2)5-11-6-8(9)4-10-11/h4,6H,2-3,5H2,1H3. The number of rotatable bonds is 3. The van der Waals surface area contributed by atoms with Gasteiger partial charge in [-0.2, -0.15) is 5.10 Å². The molecule has 1 aromatic heterocycles. The third-order valence-electron chi connectivity index (χ3n) is 1.49. The van der Waals surface area contributed by atoms with Crippen molar-refractivity contribution in [1.82, 2.24) is 9.78 Å². The molecule has 1 heterocycles. The summed E-state index contributed by atoms with van der Waals surface area (Å²) in [4.78, 5) is 0. The molecular weight excluding hydrogens is 251 g/mol. The SMILES string of the molecule is C=C(CC)Cn1cc(I)cn1. The fourth-order valence-corrected chi connectivity index (χ4v) is 1.21. The molecule has 0 N–H and O–H groups in total. The number of nitrogens with zero attached hydrogens (tertiary/aromatic N) is 2. The van der Waals surface area contributed by atoms with E-state index in [9.17, 15) is 0 Å². The molecule has 2 nitrogen and oxygen atoms in total. The van der Waals surface area contributed by atoms with Gasteiger partial charge in [0, 0.05) is 6.20 Å². The van der Waals surface area contributed by atoms with Crippen LogP contribution in [0.1, 0.15) is 13.3 Å². The molecule has 0 atom stereocenters. The van der Waals surface area contributed by atoms with Gasteiger partial charge in [0.25, 0.3) is 0 Å². The molecule has 0 radical (unpaired) electrons. The van der Waals surface area contributed by atoms with Gasteiger partial charge in [-0.1, -0.05) is 19.1 Å². The van der Waals surface area contributed by atoms with Gasteiger partial charge in [-0.25, -0.2) is 0 Å². The molecule has 0 aliphatic carbocycles. The molecule has 1 aromatic rings. The molecule has 0 aliphatic heterocycles. The molecular formula is C8H11IN2. The highest BCUT2D eigenvalue weighted by molar-refractivity contribution is 14.1. The first-order valence-corrected chi connectivity index (χ1v) is 4.65. The summed E-state index contributed by atoms with van der Waals surface area (Å²) in [5.74, 6) is 0. The maximum absolute atomic E-state index is 4.15. The van der Waals surface area contributed by atoms with E-state index in [0.717, 1.165) is 13.0 Å². The van der Waals surface area contributed by atoms with Gasteiger partial charge in [-0.15, -0.1) is 0 Å². The van der Waals surface area contributed by atoms with Crippen molar-refractivity contribution < 1.29 is 0 Å².